The smallest absolute Gasteiger partial charge is 0.293 e. The Morgan fingerprint density at radius 2 is 1.70 bits per heavy atom. The maximum absolute atomic E-state index is 13.9. The minimum absolute atomic E-state index is 0.0701. The summed E-state index contributed by atoms with van der Waals surface area (Å²) in [5.74, 6) is -0.139. The van der Waals surface area contributed by atoms with Crippen molar-refractivity contribution in [1.82, 2.24) is 4.90 Å². The van der Waals surface area contributed by atoms with Crippen molar-refractivity contribution in [2.24, 2.45) is 0 Å². The molecule has 1 fully saturated rings. The summed E-state index contributed by atoms with van der Waals surface area (Å²) in [6.45, 7) is 0.301. The van der Waals surface area contributed by atoms with Gasteiger partial charge in [0.05, 0.1) is 20.4 Å². The summed E-state index contributed by atoms with van der Waals surface area (Å²) in [5.41, 5.74) is 2.05. The van der Waals surface area contributed by atoms with Gasteiger partial charge in [0, 0.05) is 9.13 Å². The Hall–Kier alpha value is -1.69. The number of nitrogens with zero attached hydrogens (tertiary/aromatic N) is 1. The first-order valence-corrected chi connectivity index (χ1v) is 13.1. The van der Waals surface area contributed by atoms with E-state index in [0.717, 1.165) is 20.9 Å². The lowest BCUT2D eigenvalue weighted by molar-refractivity contribution is -0.123. The van der Waals surface area contributed by atoms with E-state index >= 15 is 0 Å². The summed E-state index contributed by atoms with van der Waals surface area (Å²) < 4.78 is 22.0. The molecular formula is C24H15Br2FINO3S. The van der Waals surface area contributed by atoms with E-state index in [2.05, 4.69) is 54.5 Å². The van der Waals surface area contributed by atoms with Crippen LogP contribution in [0, 0.1) is 9.39 Å². The number of halogens is 4. The average molecular weight is 703 g/mol. The molecule has 3 aromatic carbocycles. The number of imide groups is 1. The van der Waals surface area contributed by atoms with Gasteiger partial charge in [-0.2, -0.15) is 0 Å². The third-order valence-corrected chi connectivity index (χ3v) is 7.58. The second-order valence-corrected chi connectivity index (χ2v) is 11.0. The summed E-state index contributed by atoms with van der Waals surface area (Å²) in [7, 11) is 0. The molecule has 0 saturated carbocycles. The highest BCUT2D eigenvalue weighted by Gasteiger charge is 2.35. The van der Waals surface area contributed by atoms with Gasteiger partial charge in [0.1, 0.15) is 18.2 Å². The molecule has 1 heterocycles. The summed E-state index contributed by atoms with van der Waals surface area (Å²) in [5, 5.41) is -0.298. The van der Waals surface area contributed by atoms with E-state index in [4.69, 9.17) is 4.74 Å². The van der Waals surface area contributed by atoms with Crippen molar-refractivity contribution < 1.29 is 18.7 Å². The standard InChI is InChI=1S/C24H15Br2FINO3S/c25-18-9-15(10-19(26)22(18)32-13-16-3-1-2-4-20(16)27)11-21-23(30)29(24(31)33-21)12-14-5-7-17(28)8-6-14/h1-11H,12-13H2/b21-11+. The maximum Gasteiger partial charge on any atom is 0.293 e. The largest absolute Gasteiger partial charge is 0.486 e. The molecule has 0 atom stereocenters. The first-order chi connectivity index (χ1) is 15.8. The van der Waals surface area contributed by atoms with Crippen molar-refractivity contribution in [3.63, 3.8) is 0 Å². The summed E-state index contributed by atoms with van der Waals surface area (Å²) in [4.78, 5) is 26.9. The zero-order valence-electron chi connectivity index (χ0n) is 16.9. The third kappa shape index (κ3) is 5.87. The number of thioether (sulfide) groups is 1. The molecule has 0 N–H and O–H groups in total. The Balaban J connectivity index is 1.50. The van der Waals surface area contributed by atoms with Crippen LogP contribution in [-0.4, -0.2) is 16.0 Å². The number of hydrogen-bond acceptors (Lipinski definition) is 4. The van der Waals surface area contributed by atoms with Crippen LogP contribution in [0.5, 0.6) is 5.75 Å². The van der Waals surface area contributed by atoms with E-state index in [1.54, 1.807) is 36.4 Å². The molecule has 1 aliphatic heterocycles. The number of benzene rings is 3. The predicted molar refractivity (Wildman–Crippen MR) is 143 cm³/mol. The van der Waals surface area contributed by atoms with Crippen LogP contribution in [0.3, 0.4) is 0 Å². The monoisotopic (exact) mass is 701 g/mol. The molecule has 0 aromatic heterocycles. The van der Waals surface area contributed by atoms with E-state index in [9.17, 15) is 14.0 Å². The van der Waals surface area contributed by atoms with Crippen molar-refractivity contribution >= 4 is 83.4 Å². The first kappa shape index (κ1) is 24.4. The summed E-state index contributed by atoms with van der Waals surface area (Å²) in [6, 6.07) is 17.7. The molecule has 168 valence electrons. The van der Waals surface area contributed by atoms with E-state index < -0.39 is 0 Å². The number of rotatable bonds is 6. The number of ether oxygens (including phenoxy) is 1. The minimum atomic E-state index is -0.331. The van der Waals surface area contributed by atoms with Crippen LogP contribution in [0.25, 0.3) is 6.08 Å². The van der Waals surface area contributed by atoms with Crippen molar-refractivity contribution in [3.8, 4) is 5.75 Å². The number of carbonyl (C=O) groups excluding carboxylic acids is 2. The molecule has 0 bridgehead atoms. The van der Waals surface area contributed by atoms with Gasteiger partial charge in [0.2, 0.25) is 0 Å². The molecule has 4 nitrogen and oxygen atoms in total. The second-order valence-electron chi connectivity index (χ2n) is 7.09. The van der Waals surface area contributed by atoms with Crippen molar-refractivity contribution in [2.45, 2.75) is 13.2 Å². The normalized spacial score (nSPS) is 14.9. The fourth-order valence-corrected chi connectivity index (χ4v) is 5.77. The van der Waals surface area contributed by atoms with E-state index in [0.29, 0.717) is 30.7 Å². The van der Waals surface area contributed by atoms with Gasteiger partial charge in [0.15, 0.2) is 0 Å². The summed E-state index contributed by atoms with van der Waals surface area (Å²) >= 11 is 10.1. The van der Waals surface area contributed by atoms with Gasteiger partial charge < -0.3 is 4.74 Å². The number of amides is 2. The highest BCUT2D eigenvalue weighted by atomic mass is 127. The van der Waals surface area contributed by atoms with Crippen LogP contribution in [0.4, 0.5) is 9.18 Å². The van der Waals surface area contributed by atoms with Crippen molar-refractivity contribution in [1.29, 1.82) is 0 Å². The van der Waals surface area contributed by atoms with E-state index in [1.807, 2.05) is 24.3 Å². The lowest BCUT2D eigenvalue weighted by Gasteiger charge is -2.13. The van der Waals surface area contributed by atoms with E-state index in [1.165, 1.54) is 11.0 Å². The topological polar surface area (TPSA) is 46.6 Å². The van der Waals surface area contributed by atoms with Gasteiger partial charge in [-0.1, -0.05) is 30.3 Å². The first-order valence-electron chi connectivity index (χ1n) is 9.67. The Kier molecular flexibility index (Phi) is 7.93. The fourth-order valence-electron chi connectivity index (χ4n) is 3.13. The third-order valence-electron chi connectivity index (χ3n) is 4.78. The highest BCUT2D eigenvalue weighted by molar-refractivity contribution is 14.1. The molecule has 4 rings (SSSR count). The van der Waals surface area contributed by atoms with Crippen LogP contribution < -0.4 is 4.74 Å². The molecule has 0 unspecified atom stereocenters. The molecule has 9 heteroatoms. The Bertz CT molecular complexity index is 1240. The van der Waals surface area contributed by atoms with Gasteiger partial charge in [0.25, 0.3) is 11.1 Å². The van der Waals surface area contributed by atoms with Crippen LogP contribution in [-0.2, 0) is 17.9 Å². The molecule has 3 aromatic rings. The quantitative estimate of drug-likeness (QED) is 0.195. The second kappa shape index (κ2) is 10.7. The summed E-state index contributed by atoms with van der Waals surface area (Å²) in [6.07, 6.45) is 1.68. The fraction of sp³-hybridized carbons (Fsp3) is 0.0833. The molecule has 2 amide bonds. The number of carbonyl (C=O) groups is 2. The molecule has 1 aliphatic rings. The molecule has 0 radical (unpaired) electrons. The van der Waals surface area contributed by atoms with Crippen molar-refractivity contribution in [3.05, 3.63) is 101 Å². The zero-order valence-corrected chi connectivity index (χ0v) is 23.0. The maximum atomic E-state index is 13.9. The molecule has 0 spiro atoms. The Morgan fingerprint density at radius 1 is 1.03 bits per heavy atom. The highest BCUT2D eigenvalue weighted by Crippen LogP contribution is 2.38. The van der Waals surface area contributed by atoms with Crippen LogP contribution in [0.1, 0.15) is 16.7 Å². The van der Waals surface area contributed by atoms with Crippen LogP contribution in [0.2, 0.25) is 0 Å². The SMILES string of the molecule is O=C1S/C(=C/c2cc(Br)c(OCc3ccccc3F)c(Br)c2)C(=O)N1Cc1ccc(I)cc1. The van der Waals surface area contributed by atoms with Gasteiger partial charge >= 0.3 is 0 Å². The zero-order chi connectivity index (χ0) is 23.5. The van der Waals surface area contributed by atoms with Gasteiger partial charge in [-0.05, 0) is 114 Å². The van der Waals surface area contributed by atoms with Gasteiger partial charge in [-0.15, -0.1) is 0 Å². The van der Waals surface area contributed by atoms with Crippen molar-refractivity contribution in [2.75, 3.05) is 0 Å². The lowest BCUT2D eigenvalue weighted by atomic mass is 10.2. The lowest BCUT2D eigenvalue weighted by Crippen LogP contribution is -2.27. The Morgan fingerprint density at radius 3 is 2.36 bits per heavy atom. The van der Waals surface area contributed by atoms with Gasteiger partial charge in [-0.3, -0.25) is 14.5 Å². The average Bonchev–Trinajstić information content (AvgIpc) is 3.03. The van der Waals surface area contributed by atoms with Crippen LogP contribution >= 0.6 is 66.2 Å². The molecule has 33 heavy (non-hydrogen) atoms. The van der Waals surface area contributed by atoms with Gasteiger partial charge in [-0.25, -0.2) is 4.39 Å². The van der Waals surface area contributed by atoms with E-state index in [-0.39, 0.29) is 30.1 Å². The van der Waals surface area contributed by atoms with Crippen LogP contribution in [0.15, 0.2) is 74.5 Å². The minimum Gasteiger partial charge on any atom is -0.486 e. The molecule has 1 saturated heterocycles. The Labute approximate surface area is 225 Å². The molecule has 0 aliphatic carbocycles. The molecular weight excluding hydrogens is 688 g/mol. The number of hydrogen-bond donors (Lipinski definition) is 0. The predicted octanol–water partition coefficient (Wildman–Crippen LogP) is 7.77.